The number of hydrogen-bond donors (Lipinski definition) is 2. The first-order valence-electron chi connectivity index (χ1n) is 6.48. The molecule has 1 aromatic carbocycles. The third-order valence-electron chi connectivity index (χ3n) is 2.67. The summed E-state index contributed by atoms with van der Waals surface area (Å²) in [5.74, 6) is 0. The lowest BCUT2D eigenvalue weighted by molar-refractivity contribution is 0.0343. The fraction of sp³-hybridized carbons (Fsp3) is 0.500. The zero-order valence-electron chi connectivity index (χ0n) is 11.0. The monoisotopic (exact) mass is 312 g/mol. The van der Waals surface area contributed by atoms with E-state index in [-0.39, 0.29) is 6.23 Å². The SMILES string of the molecule is CC.N=Cc1cc(Br)ccc1NC1CCCCO1. The minimum absolute atomic E-state index is 0.0913. The van der Waals surface area contributed by atoms with Gasteiger partial charge in [-0.2, -0.15) is 0 Å². The van der Waals surface area contributed by atoms with Gasteiger partial charge in [-0.05, 0) is 37.5 Å². The molecule has 1 heterocycles. The average molecular weight is 313 g/mol. The van der Waals surface area contributed by atoms with Crippen molar-refractivity contribution in [3.05, 3.63) is 28.2 Å². The molecule has 1 saturated heterocycles. The van der Waals surface area contributed by atoms with Crippen LogP contribution in [0.25, 0.3) is 0 Å². The van der Waals surface area contributed by atoms with Gasteiger partial charge in [0.2, 0.25) is 0 Å². The second-order valence-corrected chi connectivity index (χ2v) is 4.79. The van der Waals surface area contributed by atoms with Gasteiger partial charge in [0.25, 0.3) is 0 Å². The van der Waals surface area contributed by atoms with Crippen molar-refractivity contribution in [3.8, 4) is 0 Å². The standard InChI is InChI=1S/C12H15BrN2O.C2H6/c13-10-4-5-11(9(7-10)8-14)15-12-3-1-2-6-16-12;1-2/h4-5,7-8,12,14-15H,1-3,6H2;1-2H3. The third-order valence-corrected chi connectivity index (χ3v) is 3.16. The molecule has 0 bridgehead atoms. The first-order chi connectivity index (χ1) is 8.79. The fourth-order valence-corrected chi connectivity index (χ4v) is 2.19. The second kappa shape index (κ2) is 8.27. The predicted octanol–water partition coefficient (Wildman–Crippen LogP) is 4.41. The second-order valence-electron chi connectivity index (χ2n) is 3.88. The molecule has 0 aromatic heterocycles. The minimum atomic E-state index is 0.0913. The predicted molar refractivity (Wildman–Crippen MR) is 80.6 cm³/mol. The highest BCUT2D eigenvalue weighted by atomic mass is 79.9. The van der Waals surface area contributed by atoms with Crippen LogP contribution in [0.3, 0.4) is 0 Å². The van der Waals surface area contributed by atoms with Crippen LogP contribution in [0.1, 0.15) is 38.7 Å². The Morgan fingerprint density at radius 3 is 2.78 bits per heavy atom. The summed E-state index contributed by atoms with van der Waals surface area (Å²) < 4.78 is 6.60. The van der Waals surface area contributed by atoms with Gasteiger partial charge < -0.3 is 15.5 Å². The Labute approximate surface area is 118 Å². The summed E-state index contributed by atoms with van der Waals surface area (Å²) in [5, 5.41) is 10.7. The highest BCUT2D eigenvalue weighted by Gasteiger charge is 2.14. The fourth-order valence-electron chi connectivity index (χ4n) is 1.81. The molecule has 2 rings (SSSR count). The Balaban J connectivity index is 0.000000771. The molecule has 1 fully saturated rings. The summed E-state index contributed by atoms with van der Waals surface area (Å²) in [5.41, 5.74) is 1.84. The van der Waals surface area contributed by atoms with Crippen LogP contribution in [0.5, 0.6) is 0 Å². The molecule has 2 N–H and O–H groups in total. The maximum atomic E-state index is 7.37. The van der Waals surface area contributed by atoms with E-state index in [0.29, 0.717) is 0 Å². The molecule has 3 nitrogen and oxygen atoms in total. The van der Waals surface area contributed by atoms with Crippen LogP contribution in [-0.4, -0.2) is 19.0 Å². The quantitative estimate of drug-likeness (QED) is 0.812. The van der Waals surface area contributed by atoms with Gasteiger partial charge in [-0.3, -0.25) is 0 Å². The van der Waals surface area contributed by atoms with Gasteiger partial charge in [0.1, 0.15) is 6.23 Å². The maximum Gasteiger partial charge on any atom is 0.127 e. The highest BCUT2D eigenvalue weighted by molar-refractivity contribution is 9.10. The molecule has 0 aliphatic carbocycles. The lowest BCUT2D eigenvalue weighted by Gasteiger charge is -2.25. The minimum Gasteiger partial charge on any atom is -0.360 e. The summed E-state index contributed by atoms with van der Waals surface area (Å²) in [7, 11) is 0. The summed E-state index contributed by atoms with van der Waals surface area (Å²) in [6, 6.07) is 5.87. The number of halogens is 1. The molecule has 1 unspecified atom stereocenters. The molecule has 0 amide bonds. The molecule has 1 aromatic rings. The van der Waals surface area contributed by atoms with Crippen LogP contribution in [-0.2, 0) is 4.74 Å². The molecule has 0 radical (unpaired) electrons. The van der Waals surface area contributed by atoms with Crippen molar-refractivity contribution in [2.45, 2.75) is 39.3 Å². The smallest absolute Gasteiger partial charge is 0.127 e. The Kier molecular flexibility index (Phi) is 6.98. The zero-order chi connectivity index (χ0) is 13.4. The van der Waals surface area contributed by atoms with E-state index in [4.69, 9.17) is 10.1 Å². The third kappa shape index (κ3) is 4.42. The number of rotatable bonds is 3. The zero-order valence-corrected chi connectivity index (χ0v) is 12.6. The summed E-state index contributed by atoms with van der Waals surface area (Å²) in [4.78, 5) is 0. The summed E-state index contributed by atoms with van der Waals surface area (Å²) in [6.07, 6.45) is 4.83. The molecule has 1 atom stereocenters. The van der Waals surface area contributed by atoms with Crippen LogP contribution in [0.2, 0.25) is 0 Å². The molecule has 0 saturated carbocycles. The van der Waals surface area contributed by atoms with E-state index in [2.05, 4.69) is 21.2 Å². The Bertz CT molecular complexity index is 376. The van der Waals surface area contributed by atoms with Gasteiger partial charge in [0, 0.05) is 28.5 Å². The molecule has 100 valence electrons. The van der Waals surface area contributed by atoms with E-state index in [0.717, 1.165) is 35.2 Å². The van der Waals surface area contributed by atoms with E-state index < -0.39 is 0 Å². The molecule has 1 aliphatic rings. The Hall–Kier alpha value is -0.870. The van der Waals surface area contributed by atoms with Gasteiger partial charge in [0.05, 0.1) is 0 Å². The van der Waals surface area contributed by atoms with Gasteiger partial charge in [-0.25, -0.2) is 0 Å². The number of anilines is 1. The van der Waals surface area contributed by atoms with Crippen LogP contribution < -0.4 is 5.32 Å². The van der Waals surface area contributed by atoms with Crippen molar-refractivity contribution in [2.75, 3.05) is 11.9 Å². The van der Waals surface area contributed by atoms with E-state index in [1.807, 2.05) is 32.0 Å². The molecule has 0 spiro atoms. The van der Waals surface area contributed by atoms with Gasteiger partial charge in [0.15, 0.2) is 0 Å². The number of nitrogens with one attached hydrogen (secondary N) is 2. The van der Waals surface area contributed by atoms with E-state index in [1.165, 1.54) is 12.6 Å². The van der Waals surface area contributed by atoms with Crippen LogP contribution >= 0.6 is 15.9 Å². The first-order valence-corrected chi connectivity index (χ1v) is 7.27. The Morgan fingerprint density at radius 1 is 1.39 bits per heavy atom. The lowest BCUT2D eigenvalue weighted by atomic mass is 10.1. The number of benzene rings is 1. The van der Waals surface area contributed by atoms with Crippen molar-refractivity contribution in [2.24, 2.45) is 0 Å². The average Bonchev–Trinajstić information content (AvgIpc) is 2.44. The largest absolute Gasteiger partial charge is 0.360 e. The molecule has 1 aliphatic heterocycles. The molecule has 4 heteroatoms. The molecular formula is C14H21BrN2O. The normalized spacial score (nSPS) is 18.5. The van der Waals surface area contributed by atoms with Crippen molar-refractivity contribution >= 4 is 27.8 Å². The van der Waals surface area contributed by atoms with Gasteiger partial charge >= 0.3 is 0 Å². The van der Waals surface area contributed by atoms with Crippen molar-refractivity contribution in [1.82, 2.24) is 0 Å². The van der Waals surface area contributed by atoms with Gasteiger partial charge in [-0.15, -0.1) is 0 Å². The van der Waals surface area contributed by atoms with Crippen molar-refractivity contribution in [3.63, 3.8) is 0 Å². The van der Waals surface area contributed by atoms with Crippen molar-refractivity contribution in [1.29, 1.82) is 5.41 Å². The van der Waals surface area contributed by atoms with E-state index >= 15 is 0 Å². The van der Waals surface area contributed by atoms with Crippen LogP contribution in [0.4, 0.5) is 5.69 Å². The molecule has 18 heavy (non-hydrogen) atoms. The Morgan fingerprint density at radius 2 is 2.17 bits per heavy atom. The number of ether oxygens (including phenoxy) is 1. The topological polar surface area (TPSA) is 45.1 Å². The van der Waals surface area contributed by atoms with Crippen LogP contribution in [0, 0.1) is 5.41 Å². The number of hydrogen-bond acceptors (Lipinski definition) is 3. The van der Waals surface area contributed by atoms with Gasteiger partial charge in [-0.1, -0.05) is 29.8 Å². The maximum absolute atomic E-state index is 7.37. The lowest BCUT2D eigenvalue weighted by Crippen LogP contribution is -2.27. The van der Waals surface area contributed by atoms with Crippen LogP contribution in [0.15, 0.2) is 22.7 Å². The highest BCUT2D eigenvalue weighted by Crippen LogP contribution is 2.22. The molecular weight excluding hydrogens is 292 g/mol. The van der Waals surface area contributed by atoms with Crippen molar-refractivity contribution < 1.29 is 4.74 Å². The first kappa shape index (κ1) is 15.2. The van der Waals surface area contributed by atoms with E-state index in [9.17, 15) is 0 Å². The summed E-state index contributed by atoms with van der Waals surface area (Å²) >= 11 is 3.40. The van der Waals surface area contributed by atoms with E-state index in [1.54, 1.807) is 0 Å². The summed E-state index contributed by atoms with van der Waals surface area (Å²) in [6.45, 7) is 4.83.